The summed E-state index contributed by atoms with van der Waals surface area (Å²) in [7, 11) is -1.21. The van der Waals surface area contributed by atoms with Crippen molar-refractivity contribution in [3.63, 3.8) is 0 Å². The minimum Gasteiger partial charge on any atom is -0.490 e. The highest BCUT2D eigenvalue weighted by Crippen LogP contribution is 2.40. The van der Waals surface area contributed by atoms with Crippen molar-refractivity contribution in [1.29, 1.82) is 0 Å². The Morgan fingerprint density at radius 3 is 2.62 bits per heavy atom. The zero-order chi connectivity index (χ0) is 23.5. The molecule has 1 fully saturated rings. The van der Waals surface area contributed by atoms with Gasteiger partial charge in [-0.1, -0.05) is 31.2 Å². The lowest BCUT2D eigenvalue weighted by Crippen LogP contribution is -2.27. The molecule has 0 bridgehead atoms. The number of carbonyl (C=O) groups excluding carboxylic acids is 1. The average Bonchev–Trinajstić information content (AvgIpc) is 3.38. The maximum absolute atomic E-state index is 12.5. The number of carbonyl (C=O) groups is 1. The molecular formula is C23H34ClN3O4Si. The number of aromatic nitrogens is 2. The zero-order valence-corrected chi connectivity index (χ0v) is 21.6. The first-order chi connectivity index (χ1) is 14.9. The van der Waals surface area contributed by atoms with Gasteiger partial charge in [-0.2, -0.15) is 5.10 Å². The molecule has 0 aliphatic heterocycles. The Kier molecular flexibility index (Phi) is 7.57. The molecule has 0 radical (unpaired) electrons. The number of halogens is 1. The summed E-state index contributed by atoms with van der Waals surface area (Å²) < 4.78 is 19.2. The van der Waals surface area contributed by atoms with Crippen LogP contribution in [0.5, 0.6) is 5.75 Å². The van der Waals surface area contributed by atoms with E-state index in [-0.39, 0.29) is 12.8 Å². The van der Waals surface area contributed by atoms with Crippen LogP contribution in [-0.4, -0.2) is 42.3 Å². The first-order valence-electron chi connectivity index (χ1n) is 11.0. The van der Waals surface area contributed by atoms with E-state index >= 15 is 0 Å². The summed E-state index contributed by atoms with van der Waals surface area (Å²) in [5, 5.41) is 7.87. The van der Waals surface area contributed by atoms with Gasteiger partial charge in [0.25, 0.3) is 0 Å². The Bertz CT molecular complexity index is 946. The number of anilines is 1. The number of ether oxygens (including phenoxy) is 3. The first kappa shape index (κ1) is 24.6. The molecule has 0 saturated heterocycles. The number of amides is 1. The minimum atomic E-state index is -1.21. The van der Waals surface area contributed by atoms with E-state index < -0.39 is 19.8 Å². The van der Waals surface area contributed by atoms with Gasteiger partial charge in [-0.3, -0.25) is 5.32 Å². The van der Waals surface area contributed by atoms with Gasteiger partial charge in [0.05, 0.1) is 23.7 Å². The summed E-state index contributed by atoms with van der Waals surface area (Å²) in [6.45, 7) is 13.3. The largest absolute Gasteiger partial charge is 0.490 e. The van der Waals surface area contributed by atoms with Crippen molar-refractivity contribution in [2.75, 3.05) is 11.9 Å². The monoisotopic (exact) mass is 479 g/mol. The van der Waals surface area contributed by atoms with Crippen LogP contribution in [0.2, 0.25) is 30.7 Å². The van der Waals surface area contributed by atoms with Crippen molar-refractivity contribution in [1.82, 2.24) is 9.78 Å². The van der Waals surface area contributed by atoms with Crippen molar-refractivity contribution in [2.45, 2.75) is 77.7 Å². The Morgan fingerprint density at radius 2 is 2.00 bits per heavy atom. The maximum atomic E-state index is 12.5. The van der Waals surface area contributed by atoms with Crippen LogP contribution in [0.15, 0.2) is 24.4 Å². The van der Waals surface area contributed by atoms with Crippen LogP contribution in [0.4, 0.5) is 10.5 Å². The lowest BCUT2D eigenvalue weighted by atomic mass is 10.1. The van der Waals surface area contributed by atoms with E-state index in [1.807, 2.05) is 32.9 Å². The SMILES string of the molecule is CC(C)(C)OC(=O)Nc1cnn(COCC[Si](C)(C)C)c1-c1cc(Cl)ccc1OC1CC1. The van der Waals surface area contributed by atoms with E-state index in [1.165, 1.54) is 0 Å². The van der Waals surface area contributed by atoms with Gasteiger partial charge in [-0.25, -0.2) is 9.48 Å². The van der Waals surface area contributed by atoms with E-state index in [0.717, 1.165) is 24.4 Å². The number of rotatable bonds is 9. The second-order valence-electron chi connectivity index (χ2n) is 10.3. The van der Waals surface area contributed by atoms with Crippen molar-refractivity contribution < 1.29 is 19.0 Å². The molecule has 32 heavy (non-hydrogen) atoms. The van der Waals surface area contributed by atoms with E-state index in [9.17, 15) is 4.79 Å². The molecule has 0 spiro atoms. The maximum Gasteiger partial charge on any atom is 0.412 e. The molecule has 3 rings (SSSR count). The third-order valence-electron chi connectivity index (χ3n) is 4.70. The number of nitrogens with one attached hydrogen (secondary N) is 1. The summed E-state index contributed by atoms with van der Waals surface area (Å²) in [4.78, 5) is 12.5. The van der Waals surface area contributed by atoms with Crippen molar-refractivity contribution in [3.05, 3.63) is 29.4 Å². The molecule has 1 aromatic heterocycles. The van der Waals surface area contributed by atoms with Gasteiger partial charge in [0.15, 0.2) is 0 Å². The molecule has 1 aromatic carbocycles. The van der Waals surface area contributed by atoms with E-state index in [2.05, 4.69) is 30.1 Å². The smallest absolute Gasteiger partial charge is 0.412 e. The van der Waals surface area contributed by atoms with Crippen LogP contribution in [0.3, 0.4) is 0 Å². The molecule has 0 unspecified atom stereocenters. The third kappa shape index (κ3) is 7.53. The van der Waals surface area contributed by atoms with Crippen LogP contribution < -0.4 is 10.1 Å². The van der Waals surface area contributed by atoms with Crippen LogP contribution in [0.25, 0.3) is 11.3 Å². The predicted octanol–water partition coefficient (Wildman–Crippen LogP) is 6.40. The van der Waals surface area contributed by atoms with Crippen molar-refractivity contribution in [3.8, 4) is 17.0 Å². The Hall–Kier alpha value is -2.03. The Labute approximate surface area is 196 Å². The van der Waals surface area contributed by atoms with Gasteiger partial charge in [-0.15, -0.1) is 0 Å². The molecular weight excluding hydrogens is 446 g/mol. The van der Waals surface area contributed by atoms with Crippen molar-refractivity contribution >= 4 is 31.5 Å². The van der Waals surface area contributed by atoms with Crippen molar-refractivity contribution in [2.24, 2.45) is 0 Å². The predicted molar refractivity (Wildman–Crippen MR) is 130 cm³/mol. The molecule has 1 aliphatic carbocycles. The summed E-state index contributed by atoms with van der Waals surface area (Å²) in [5.74, 6) is 0.702. The highest BCUT2D eigenvalue weighted by Gasteiger charge is 2.27. The quantitative estimate of drug-likeness (QED) is 0.332. The highest BCUT2D eigenvalue weighted by molar-refractivity contribution is 6.76. The van der Waals surface area contributed by atoms with E-state index in [0.29, 0.717) is 28.8 Å². The Balaban J connectivity index is 1.91. The molecule has 1 N–H and O–H groups in total. The molecule has 176 valence electrons. The standard InChI is InChI=1S/C23H34ClN3O4Si/c1-23(2,3)31-22(28)26-19-14-25-27(15-29-11-12-32(4,5)6)21(19)18-13-16(24)7-10-20(18)30-17-8-9-17/h7,10,13-14,17H,8-9,11-12,15H2,1-6H3,(H,26,28). The minimum absolute atomic E-state index is 0.210. The fraction of sp³-hybridized carbons (Fsp3) is 0.565. The summed E-state index contributed by atoms with van der Waals surface area (Å²) in [5.41, 5.74) is 1.32. The van der Waals surface area contributed by atoms with Crippen LogP contribution in [0, 0.1) is 0 Å². The molecule has 1 amide bonds. The highest BCUT2D eigenvalue weighted by atomic mass is 35.5. The number of hydrogen-bond acceptors (Lipinski definition) is 5. The molecule has 7 nitrogen and oxygen atoms in total. The summed E-state index contributed by atoms with van der Waals surface area (Å²) in [6, 6.07) is 6.54. The summed E-state index contributed by atoms with van der Waals surface area (Å²) in [6.07, 6.45) is 3.32. The van der Waals surface area contributed by atoms with Crippen LogP contribution in [0.1, 0.15) is 33.6 Å². The zero-order valence-electron chi connectivity index (χ0n) is 19.8. The fourth-order valence-corrected chi connectivity index (χ4v) is 3.89. The third-order valence-corrected chi connectivity index (χ3v) is 6.64. The molecule has 1 heterocycles. The van der Waals surface area contributed by atoms with Crippen LogP contribution in [-0.2, 0) is 16.2 Å². The topological polar surface area (TPSA) is 74.6 Å². The van der Waals surface area contributed by atoms with Gasteiger partial charge in [0, 0.05) is 25.3 Å². The lowest BCUT2D eigenvalue weighted by molar-refractivity contribution is 0.0635. The molecule has 2 aromatic rings. The summed E-state index contributed by atoms with van der Waals surface area (Å²) >= 11 is 6.34. The Morgan fingerprint density at radius 1 is 1.28 bits per heavy atom. The van der Waals surface area contributed by atoms with Gasteiger partial charge in [0.2, 0.25) is 0 Å². The molecule has 9 heteroatoms. The van der Waals surface area contributed by atoms with E-state index in [4.69, 9.17) is 25.8 Å². The second kappa shape index (κ2) is 9.85. The van der Waals surface area contributed by atoms with Gasteiger partial charge >= 0.3 is 6.09 Å². The first-order valence-corrected chi connectivity index (χ1v) is 15.1. The number of nitrogens with zero attached hydrogens (tertiary/aromatic N) is 2. The molecule has 1 saturated carbocycles. The molecule has 1 aliphatic rings. The molecule has 0 atom stereocenters. The van der Waals surface area contributed by atoms with Gasteiger partial charge in [0.1, 0.15) is 18.1 Å². The van der Waals surface area contributed by atoms with Crippen LogP contribution >= 0.6 is 11.6 Å². The lowest BCUT2D eigenvalue weighted by Gasteiger charge is -2.20. The van der Waals surface area contributed by atoms with Gasteiger partial charge in [-0.05, 0) is 57.9 Å². The normalized spacial score (nSPS) is 14.3. The second-order valence-corrected chi connectivity index (χ2v) is 16.4. The van der Waals surface area contributed by atoms with Gasteiger partial charge < -0.3 is 14.2 Å². The number of benzene rings is 1. The average molecular weight is 480 g/mol. The number of hydrogen-bond donors (Lipinski definition) is 1. The fourth-order valence-electron chi connectivity index (χ4n) is 2.96. The van der Waals surface area contributed by atoms with E-state index in [1.54, 1.807) is 16.9 Å².